The minimum Gasteiger partial charge on any atom is -0.457 e. The smallest absolute Gasteiger partial charge is 0.457 e. The fourth-order valence-corrected chi connectivity index (χ4v) is 9.35. The van der Waals surface area contributed by atoms with E-state index in [9.17, 15) is 14.3 Å². The second-order valence-corrected chi connectivity index (χ2v) is 22.5. The van der Waals surface area contributed by atoms with Crippen molar-refractivity contribution >= 4 is 13.8 Å². The Morgan fingerprint density at radius 2 is 0.788 bits per heavy atom. The lowest BCUT2D eigenvalue weighted by molar-refractivity contribution is -0.870. The topological polar surface area (TPSA) is 91.3 Å². The number of allylic oxidation sites excluding steroid dienone is 2. The van der Waals surface area contributed by atoms with Crippen molar-refractivity contribution in [2.24, 2.45) is 0 Å². The van der Waals surface area contributed by atoms with E-state index in [0.29, 0.717) is 24.1 Å². The number of quaternary nitrogens is 1. The van der Waals surface area contributed by atoms with Crippen LogP contribution < -0.4 is 0 Å². The summed E-state index contributed by atoms with van der Waals surface area (Å²) in [6, 6.07) is 0. The summed E-state index contributed by atoms with van der Waals surface area (Å²) >= 11 is 0. The van der Waals surface area contributed by atoms with Gasteiger partial charge in [-0.05, 0) is 38.5 Å². The van der Waals surface area contributed by atoms with Gasteiger partial charge in [0.2, 0.25) is 0 Å². The summed E-state index contributed by atoms with van der Waals surface area (Å²) in [5.41, 5.74) is 0. The van der Waals surface area contributed by atoms with Crippen LogP contribution in [0.1, 0.15) is 290 Å². The maximum atomic E-state index is 12.8. The molecule has 1 N–H and O–H groups in total. The molecule has 0 saturated carbocycles. The van der Waals surface area contributed by atoms with E-state index < -0.39 is 13.9 Å². The Labute approximate surface area is 411 Å². The van der Waals surface area contributed by atoms with Crippen molar-refractivity contribution in [3.05, 3.63) is 12.2 Å². The Balaban J connectivity index is 4.02. The normalized spacial score (nSPS) is 13.5. The summed E-state index contributed by atoms with van der Waals surface area (Å²) in [4.78, 5) is 23.1. The third-order valence-electron chi connectivity index (χ3n) is 13.1. The van der Waals surface area contributed by atoms with E-state index in [0.717, 1.165) is 32.1 Å². The van der Waals surface area contributed by atoms with Gasteiger partial charge < -0.3 is 18.9 Å². The van der Waals surface area contributed by atoms with E-state index in [-0.39, 0.29) is 25.8 Å². The van der Waals surface area contributed by atoms with Gasteiger partial charge in [-0.1, -0.05) is 257 Å². The predicted molar refractivity (Wildman–Crippen MR) is 284 cm³/mol. The van der Waals surface area contributed by atoms with Gasteiger partial charge in [-0.3, -0.25) is 13.8 Å². The second-order valence-electron chi connectivity index (χ2n) is 21.0. The predicted octanol–water partition coefficient (Wildman–Crippen LogP) is 18.1. The highest BCUT2D eigenvalue weighted by molar-refractivity contribution is 7.47. The molecule has 0 spiro atoms. The zero-order valence-corrected chi connectivity index (χ0v) is 45.9. The molecule has 8 nitrogen and oxygen atoms in total. The Hall–Kier alpha value is -0.760. The molecule has 0 aromatic rings. The lowest BCUT2D eigenvalue weighted by Gasteiger charge is -2.24. The van der Waals surface area contributed by atoms with E-state index in [2.05, 4.69) is 26.0 Å². The Kier molecular flexibility index (Phi) is 50.0. The molecule has 394 valence electrons. The molecule has 0 heterocycles. The van der Waals surface area contributed by atoms with Gasteiger partial charge in [0.25, 0.3) is 0 Å². The molecule has 9 heteroatoms. The number of hydrogen-bond acceptors (Lipinski definition) is 6. The highest BCUT2D eigenvalue weighted by Crippen LogP contribution is 2.43. The maximum absolute atomic E-state index is 12.8. The van der Waals surface area contributed by atoms with Crippen LogP contribution in [0.15, 0.2) is 12.2 Å². The molecular formula is C57H115NO7P+. The third-order valence-corrected chi connectivity index (χ3v) is 14.1. The first-order valence-corrected chi connectivity index (χ1v) is 30.4. The first kappa shape index (κ1) is 65.2. The summed E-state index contributed by atoms with van der Waals surface area (Å²) in [7, 11) is 1.69. The second kappa shape index (κ2) is 50.6. The molecule has 0 radical (unpaired) electrons. The Morgan fingerprint density at radius 1 is 0.455 bits per heavy atom. The number of nitrogens with zero attached hydrogens (tertiary/aromatic N) is 1. The highest BCUT2D eigenvalue weighted by atomic mass is 31.2. The van der Waals surface area contributed by atoms with Crippen LogP contribution in [0.25, 0.3) is 0 Å². The Bertz CT molecular complexity index is 1070. The molecule has 0 aliphatic rings. The van der Waals surface area contributed by atoms with Crippen LogP contribution in [-0.4, -0.2) is 75.6 Å². The van der Waals surface area contributed by atoms with Gasteiger partial charge in [-0.25, -0.2) is 4.57 Å². The number of carbonyl (C=O) groups is 1. The lowest BCUT2D eigenvalue weighted by Crippen LogP contribution is -2.37. The van der Waals surface area contributed by atoms with Crippen molar-refractivity contribution in [2.75, 3.05) is 54.1 Å². The van der Waals surface area contributed by atoms with Crippen molar-refractivity contribution in [1.29, 1.82) is 0 Å². The molecule has 0 rings (SSSR count). The average Bonchev–Trinajstić information content (AvgIpc) is 3.28. The van der Waals surface area contributed by atoms with Crippen molar-refractivity contribution in [3.8, 4) is 0 Å². The molecule has 2 atom stereocenters. The first-order valence-electron chi connectivity index (χ1n) is 28.9. The summed E-state index contributed by atoms with van der Waals surface area (Å²) in [5.74, 6) is -0.305. The van der Waals surface area contributed by atoms with Gasteiger partial charge in [0, 0.05) is 13.0 Å². The molecule has 0 bridgehead atoms. The number of rotatable bonds is 55. The summed E-state index contributed by atoms with van der Waals surface area (Å²) in [6.45, 7) is 5.70. The van der Waals surface area contributed by atoms with Crippen molar-refractivity contribution in [3.63, 3.8) is 0 Å². The average molecular weight is 958 g/mol. The molecule has 0 aromatic carbocycles. The van der Waals surface area contributed by atoms with Gasteiger partial charge in [-0.2, -0.15) is 0 Å². The molecule has 66 heavy (non-hydrogen) atoms. The quantitative estimate of drug-likeness (QED) is 0.0213. The molecule has 2 unspecified atom stereocenters. The zero-order chi connectivity index (χ0) is 48.3. The van der Waals surface area contributed by atoms with E-state index in [1.165, 1.54) is 238 Å². The van der Waals surface area contributed by atoms with Gasteiger partial charge in [0.05, 0.1) is 34.4 Å². The Morgan fingerprint density at radius 3 is 1.15 bits per heavy atom. The summed E-state index contributed by atoms with van der Waals surface area (Å²) in [6.07, 6.45) is 59.9. The number of ether oxygens (including phenoxy) is 2. The van der Waals surface area contributed by atoms with Crippen LogP contribution in [0.2, 0.25) is 0 Å². The van der Waals surface area contributed by atoms with E-state index in [4.69, 9.17) is 18.5 Å². The number of unbranched alkanes of at least 4 members (excludes halogenated alkanes) is 39. The number of phosphoric acid groups is 1. The monoisotopic (exact) mass is 957 g/mol. The summed E-state index contributed by atoms with van der Waals surface area (Å²) in [5, 5.41) is 0. The SMILES string of the molecule is CCCCCCCCCC/C=C\CCCCCCCCCCCCCCOCC(COP(=O)(O)OCC[N+](C)(C)C)OC(=O)CCCCCCCCCCCCCCCCCCCCCC. The van der Waals surface area contributed by atoms with Crippen LogP contribution in [0.4, 0.5) is 0 Å². The third kappa shape index (κ3) is 54.2. The molecule has 0 aliphatic carbocycles. The molecule has 0 aromatic heterocycles. The van der Waals surface area contributed by atoms with Crippen LogP contribution >= 0.6 is 7.82 Å². The van der Waals surface area contributed by atoms with Crippen LogP contribution in [0.5, 0.6) is 0 Å². The van der Waals surface area contributed by atoms with Crippen molar-refractivity contribution < 1.29 is 37.3 Å². The van der Waals surface area contributed by atoms with Crippen LogP contribution in [0.3, 0.4) is 0 Å². The van der Waals surface area contributed by atoms with Gasteiger partial charge in [0.1, 0.15) is 19.3 Å². The standard InChI is InChI=1S/C57H114NO7P/c1-6-8-10-12-14-16-18-20-22-24-26-28-29-30-31-33-35-37-39-41-43-45-47-49-52-62-54-56(55-64-66(60,61)63-53-51-58(3,4)5)65-57(59)50-48-46-44-42-40-38-36-34-32-27-25-23-21-19-17-15-13-11-9-7-2/h24,26,56H,6-23,25,27-55H2,1-5H3/p+1/b26-24-. The van der Waals surface area contributed by atoms with Crippen LogP contribution in [0, 0.1) is 0 Å². The molecule has 0 aliphatic heterocycles. The maximum Gasteiger partial charge on any atom is 0.472 e. The minimum absolute atomic E-state index is 0.0927. The fraction of sp³-hybridized carbons (Fsp3) is 0.947. The van der Waals surface area contributed by atoms with E-state index in [1.54, 1.807) is 0 Å². The number of esters is 1. The minimum atomic E-state index is -4.28. The summed E-state index contributed by atoms with van der Waals surface area (Å²) < 4.78 is 35.3. The number of carbonyl (C=O) groups excluding carboxylic acids is 1. The highest BCUT2D eigenvalue weighted by Gasteiger charge is 2.26. The molecule has 0 fully saturated rings. The fourth-order valence-electron chi connectivity index (χ4n) is 8.61. The first-order chi connectivity index (χ1) is 32.1. The number of hydrogen-bond donors (Lipinski definition) is 1. The molecule has 0 amide bonds. The van der Waals surface area contributed by atoms with Crippen molar-refractivity contribution in [1.82, 2.24) is 0 Å². The van der Waals surface area contributed by atoms with Gasteiger partial charge in [0.15, 0.2) is 0 Å². The molecular weight excluding hydrogens is 842 g/mol. The number of likely N-dealkylation sites (N-methyl/N-ethyl adjacent to an activating group) is 1. The van der Waals surface area contributed by atoms with E-state index in [1.807, 2.05) is 21.1 Å². The molecule has 0 saturated heterocycles. The van der Waals surface area contributed by atoms with Gasteiger partial charge >= 0.3 is 13.8 Å². The zero-order valence-electron chi connectivity index (χ0n) is 45.0. The van der Waals surface area contributed by atoms with Gasteiger partial charge in [-0.15, -0.1) is 0 Å². The largest absolute Gasteiger partial charge is 0.472 e. The number of phosphoric ester groups is 1. The van der Waals surface area contributed by atoms with Crippen LogP contribution in [-0.2, 0) is 27.9 Å². The van der Waals surface area contributed by atoms with E-state index >= 15 is 0 Å². The van der Waals surface area contributed by atoms with Crippen molar-refractivity contribution in [2.45, 2.75) is 296 Å². The lowest BCUT2D eigenvalue weighted by atomic mass is 10.0.